The van der Waals surface area contributed by atoms with E-state index in [1.165, 1.54) is 19.3 Å². The van der Waals surface area contributed by atoms with Crippen LogP contribution in [0, 0.1) is 5.92 Å². The number of amides is 1. The second-order valence-electron chi connectivity index (χ2n) is 3.65. The minimum atomic E-state index is -0.185. The number of rotatable bonds is 2. The summed E-state index contributed by atoms with van der Waals surface area (Å²) in [7, 11) is 0. The molecule has 2 aliphatic rings. The minimum Gasteiger partial charge on any atom is -0.369 e. The van der Waals surface area contributed by atoms with Crippen LogP contribution in [0.2, 0.25) is 0 Å². The summed E-state index contributed by atoms with van der Waals surface area (Å²) in [6.45, 7) is 1.58. The van der Waals surface area contributed by atoms with E-state index in [0.717, 1.165) is 12.5 Å². The zero-order valence-electron chi connectivity index (χ0n) is 6.62. The van der Waals surface area contributed by atoms with E-state index in [0.29, 0.717) is 12.6 Å². The number of likely N-dealkylation sites (tertiary alicyclic amines) is 1. The third kappa shape index (κ3) is 1.13. The van der Waals surface area contributed by atoms with E-state index in [4.69, 9.17) is 5.73 Å². The average Bonchev–Trinajstić information content (AvgIpc) is 2.26. The molecule has 2 unspecified atom stereocenters. The maximum atomic E-state index is 10.6. The number of nitrogens with two attached hydrogens (primary N) is 1. The lowest BCUT2D eigenvalue weighted by molar-refractivity contribution is -0.122. The van der Waals surface area contributed by atoms with Crippen molar-refractivity contribution in [2.24, 2.45) is 11.7 Å². The van der Waals surface area contributed by atoms with Gasteiger partial charge in [0.25, 0.3) is 0 Å². The van der Waals surface area contributed by atoms with Crippen LogP contribution in [0.15, 0.2) is 0 Å². The Morgan fingerprint density at radius 3 is 3.00 bits per heavy atom. The topological polar surface area (TPSA) is 46.3 Å². The molecule has 1 aliphatic heterocycles. The molecule has 2 fully saturated rings. The van der Waals surface area contributed by atoms with E-state index < -0.39 is 0 Å². The van der Waals surface area contributed by atoms with Gasteiger partial charge in [0.05, 0.1) is 6.54 Å². The van der Waals surface area contributed by atoms with Crippen LogP contribution < -0.4 is 5.73 Å². The number of primary amides is 1. The molecule has 3 nitrogen and oxygen atoms in total. The summed E-state index contributed by atoms with van der Waals surface area (Å²) in [4.78, 5) is 12.8. The van der Waals surface area contributed by atoms with Crippen molar-refractivity contribution < 1.29 is 4.79 Å². The molecule has 1 saturated heterocycles. The van der Waals surface area contributed by atoms with Gasteiger partial charge in [-0.2, -0.15) is 0 Å². The fourth-order valence-corrected chi connectivity index (χ4v) is 2.39. The van der Waals surface area contributed by atoms with Gasteiger partial charge in [0.1, 0.15) is 0 Å². The Kier molecular flexibility index (Phi) is 1.60. The van der Waals surface area contributed by atoms with Gasteiger partial charge in [-0.15, -0.1) is 0 Å². The second-order valence-corrected chi connectivity index (χ2v) is 3.65. The Balaban J connectivity index is 1.85. The van der Waals surface area contributed by atoms with Crippen molar-refractivity contribution in [3.63, 3.8) is 0 Å². The first-order chi connectivity index (χ1) is 5.27. The standard InChI is InChI=1S/C8H14N2O/c9-8(11)5-10-4-6-2-1-3-7(6)10/h6-7H,1-5H2,(H2,9,11). The molecule has 11 heavy (non-hydrogen) atoms. The monoisotopic (exact) mass is 154 g/mol. The fourth-order valence-electron chi connectivity index (χ4n) is 2.39. The normalized spacial score (nSPS) is 36.4. The smallest absolute Gasteiger partial charge is 0.231 e. The Hall–Kier alpha value is -0.570. The number of carbonyl (C=O) groups is 1. The Labute approximate surface area is 66.5 Å². The van der Waals surface area contributed by atoms with Crippen molar-refractivity contribution in [1.82, 2.24) is 4.90 Å². The molecule has 0 aromatic heterocycles. The van der Waals surface area contributed by atoms with E-state index >= 15 is 0 Å². The van der Waals surface area contributed by atoms with Crippen molar-refractivity contribution in [2.75, 3.05) is 13.1 Å². The lowest BCUT2D eigenvalue weighted by Crippen LogP contribution is -2.55. The maximum absolute atomic E-state index is 10.6. The molecule has 1 saturated carbocycles. The fraction of sp³-hybridized carbons (Fsp3) is 0.875. The van der Waals surface area contributed by atoms with Crippen molar-refractivity contribution in [2.45, 2.75) is 25.3 Å². The predicted molar refractivity (Wildman–Crippen MR) is 41.9 cm³/mol. The first-order valence-corrected chi connectivity index (χ1v) is 4.30. The molecule has 1 aliphatic carbocycles. The summed E-state index contributed by atoms with van der Waals surface area (Å²) < 4.78 is 0. The Bertz CT molecular complexity index is 181. The summed E-state index contributed by atoms with van der Waals surface area (Å²) in [6.07, 6.45) is 3.97. The third-order valence-electron chi connectivity index (χ3n) is 2.92. The van der Waals surface area contributed by atoms with Crippen LogP contribution in [0.4, 0.5) is 0 Å². The van der Waals surface area contributed by atoms with Crippen molar-refractivity contribution >= 4 is 5.91 Å². The van der Waals surface area contributed by atoms with Crippen molar-refractivity contribution in [3.05, 3.63) is 0 Å². The van der Waals surface area contributed by atoms with E-state index in [9.17, 15) is 4.79 Å². The summed E-state index contributed by atoms with van der Waals surface area (Å²) in [5.74, 6) is 0.699. The first-order valence-electron chi connectivity index (χ1n) is 4.30. The molecule has 3 heteroatoms. The lowest BCUT2D eigenvalue weighted by atomic mass is 9.92. The molecule has 0 aromatic rings. The third-order valence-corrected chi connectivity index (χ3v) is 2.92. The molecule has 0 radical (unpaired) electrons. The van der Waals surface area contributed by atoms with E-state index in [1.807, 2.05) is 0 Å². The van der Waals surface area contributed by atoms with Gasteiger partial charge in [0.15, 0.2) is 0 Å². The minimum absolute atomic E-state index is 0.185. The predicted octanol–water partition coefficient (Wildman–Crippen LogP) is -0.0440. The van der Waals surface area contributed by atoms with Crippen LogP contribution in [0.25, 0.3) is 0 Å². The van der Waals surface area contributed by atoms with Gasteiger partial charge in [-0.25, -0.2) is 0 Å². The molecule has 2 atom stereocenters. The lowest BCUT2D eigenvalue weighted by Gasteiger charge is -2.43. The first kappa shape index (κ1) is 7.10. The van der Waals surface area contributed by atoms with Crippen LogP contribution in [0.5, 0.6) is 0 Å². The van der Waals surface area contributed by atoms with Gasteiger partial charge in [0, 0.05) is 12.6 Å². The largest absolute Gasteiger partial charge is 0.369 e. The second kappa shape index (κ2) is 2.48. The number of nitrogens with zero attached hydrogens (tertiary/aromatic N) is 1. The van der Waals surface area contributed by atoms with Crippen LogP contribution >= 0.6 is 0 Å². The molecule has 0 aromatic carbocycles. The average molecular weight is 154 g/mol. The van der Waals surface area contributed by atoms with Crippen LogP contribution in [0.3, 0.4) is 0 Å². The summed E-state index contributed by atoms with van der Waals surface area (Å²) >= 11 is 0. The summed E-state index contributed by atoms with van der Waals surface area (Å²) in [5.41, 5.74) is 5.11. The molecule has 62 valence electrons. The van der Waals surface area contributed by atoms with Gasteiger partial charge in [-0.1, -0.05) is 6.42 Å². The number of fused-ring (bicyclic) bond motifs is 1. The molecule has 0 bridgehead atoms. The van der Waals surface area contributed by atoms with E-state index in [1.54, 1.807) is 0 Å². The molecular formula is C8H14N2O. The van der Waals surface area contributed by atoms with Gasteiger partial charge in [-0.05, 0) is 18.8 Å². The number of carbonyl (C=O) groups excluding carboxylic acids is 1. The molecule has 0 spiro atoms. The highest BCUT2D eigenvalue weighted by molar-refractivity contribution is 5.76. The summed E-state index contributed by atoms with van der Waals surface area (Å²) in [5, 5.41) is 0. The van der Waals surface area contributed by atoms with Crippen LogP contribution in [0.1, 0.15) is 19.3 Å². The SMILES string of the molecule is NC(=O)CN1CC2CCCC21. The van der Waals surface area contributed by atoms with Crippen molar-refractivity contribution in [1.29, 1.82) is 0 Å². The van der Waals surface area contributed by atoms with Crippen molar-refractivity contribution in [3.8, 4) is 0 Å². The van der Waals surface area contributed by atoms with E-state index in [-0.39, 0.29) is 5.91 Å². The molecule has 1 heterocycles. The molecule has 1 amide bonds. The van der Waals surface area contributed by atoms with Crippen LogP contribution in [-0.2, 0) is 4.79 Å². The highest BCUT2D eigenvalue weighted by Gasteiger charge is 2.41. The summed E-state index contributed by atoms with van der Waals surface area (Å²) in [6, 6.07) is 0.697. The van der Waals surface area contributed by atoms with E-state index in [2.05, 4.69) is 4.90 Å². The van der Waals surface area contributed by atoms with Crippen LogP contribution in [-0.4, -0.2) is 29.9 Å². The highest BCUT2D eigenvalue weighted by atomic mass is 16.1. The Morgan fingerprint density at radius 1 is 1.55 bits per heavy atom. The quantitative estimate of drug-likeness (QED) is 0.606. The molecule has 2 rings (SSSR count). The zero-order chi connectivity index (χ0) is 7.84. The van der Waals surface area contributed by atoms with Gasteiger partial charge >= 0.3 is 0 Å². The highest BCUT2D eigenvalue weighted by Crippen LogP contribution is 2.38. The number of hydrogen-bond acceptors (Lipinski definition) is 2. The van der Waals surface area contributed by atoms with Gasteiger partial charge in [-0.3, -0.25) is 9.69 Å². The zero-order valence-corrected chi connectivity index (χ0v) is 6.62. The Morgan fingerprint density at radius 2 is 2.36 bits per heavy atom. The molecular weight excluding hydrogens is 140 g/mol. The van der Waals surface area contributed by atoms with Gasteiger partial charge in [0.2, 0.25) is 5.91 Å². The maximum Gasteiger partial charge on any atom is 0.231 e. The molecule has 2 N–H and O–H groups in total. The number of hydrogen-bond donors (Lipinski definition) is 1. The van der Waals surface area contributed by atoms with Gasteiger partial charge < -0.3 is 5.73 Å².